The van der Waals surface area contributed by atoms with Crippen LogP contribution in [0.1, 0.15) is 40.5 Å². The van der Waals surface area contributed by atoms with Crippen molar-refractivity contribution in [2.75, 3.05) is 13.1 Å². The first kappa shape index (κ1) is 20.3. The van der Waals surface area contributed by atoms with Gasteiger partial charge >= 0.3 is 5.97 Å². The van der Waals surface area contributed by atoms with Crippen molar-refractivity contribution in [2.45, 2.75) is 30.8 Å². The van der Waals surface area contributed by atoms with Crippen molar-refractivity contribution in [1.82, 2.24) is 9.29 Å². The van der Waals surface area contributed by atoms with Gasteiger partial charge in [0.25, 0.3) is 0 Å². The highest BCUT2D eigenvalue weighted by Gasteiger charge is 2.28. The number of hydrogen-bond acceptors (Lipinski definition) is 5. The number of carbonyl (C=O) groups excluding carboxylic acids is 2. The van der Waals surface area contributed by atoms with E-state index in [-0.39, 0.29) is 16.2 Å². The van der Waals surface area contributed by atoms with Crippen LogP contribution in [0.4, 0.5) is 0 Å². The number of nitrogens with zero attached hydrogens (tertiary/aromatic N) is 1. The predicted molar refractivity (Wildman–Crippen MR) is 112 cm³/mol. The van der Waals surface area contributed by atoms with E-state index in [0.29, 0.717) is 18.7 Å². The average molecular weight is 426 g/mol. The monoisotopic (exact) mass is 426 g/mol. The number of sulfonamides is 1. The molecule has 0 spiro atoms. The number of rotatable bonds is 6. The van der Waals surface area contributed by atoms with E-state index < -0.39 is 22.1 Å². The zero-order valence-electron chi connectivity index (χ0n) is 16.5. The first-order valence-corrected chi connectivity index (χ1v) is 11.2. The van der Waals surface area contributed by atoms with Crippen LogP contribution in [-0.2, 0) is 14.8 Å². The molecular weight excluding hydrogens is 404 g/mol. The molecule has 156 valence electrons. The Bertz CT molecular complexity index is 1190. The summed E-state index contributed by atoms with van der Waals surface area (Å²) in [5.41, 5.74) is 1.47. The number of ether oxygens (including phenoxy) is 1. The number of hydrogen-bond donors (Lipinski definition) is 1. The van der Waals surface area contributed by atoms with Gasteiger partial charge in [0.05, 0.1) is 10.5 Å². The zero-order valence-corrected chi connectivity index (χ0v) is 17.3. The molecule has 1 aliphatic rings. The van der Waals surface area contributed by atoms with Crippen molar-refractivity contribution in [3.63, 3.8) is 0 Å². The van der Waals surface area contributed by atoms with Crippen molar-refractivity contribution >= 4 is 32.7 Å². The van der Waals surface area contributed by atoms with Gasteiger partial charge in [-0.2, -0.15) is 4.31 Å². The largest absolute Gasteiger partial charge is 0.451 e. The standard InChI is InChI=1S/C22H22N2O5S/c1-15(21(25)19-14-23-20-7-3-2-6-18(19)20)29-22(26)16-8-10-17(11-9-16)30(27,28)24-12-4-5-13-24/h2-3,6-11,14-15,23H,4-5,12-13H2,1H3/t15-/m0/s1. The lowest BCUT2D eigenvalue weighted by Crippen LogP contribution is -2.28. The minimum absolute atomic E-state index is 0.142. The molecule has 1 aliphatic heterocycles. The van der Waals surface area contributed by atoms with Crippen molar-refractivity contribution < 1.29 is 22.7 Å². The molecule has 2 heterocycles. The Labute approximate surface area is 174 Å². The molecule has 0 unspecified atom stereocenters. The fourth-order valence-electron chi connectivity index (χ4n) is 3.62. The zero-order chi connectivity index (χ0) is 21.3. The molecule has 4 rings (SSSR count). The number of fused-ring (bicyclic) bond motifs is 1. The van der Waals surface area contributed by atoms with Crippen LogP contribution < -0.4 is 0 Å². The Hall–Kier alpha value is -2.97. The maximum Gasteiger partial charge on any atom is 0.338 e. The maximum atomic E-state index is 12.7. The Morgan fingerprint density at radius 2 is 1.70 bits per heavy atom. The second kappa shape index (κ2) is 8.04. The van der Waals surface area contributed by atoms with Gasteiger partial charge in [-0.05, 0) is 50.1 Å². The molecule has 0 aliphatic carbocycles. The molecular formula is C22H22N2O5S. The first-order valence-electron chi connectivity index (χ1n) is 9.79. The van der Waals surface area contributed by atoms with E-state index in [4.69, 9.17) is 4.74 Å². The van der Waals surface area contributed by atoms with Crippen LogP contribution in [0.3, 0.4) is 0 Å². The Morgan fingerprint density at radius 3 is 2.40 bits per heavy atom. The quantitative estimate of drug-likeness (QED) is 0.481. The Morgan fingerprint density at radius 1 is 1.03 bits per heavy atom. The van der Waals surface area contributed by atoms with Gasteiger partial charge in [-0.15, -0.1) is 0 Å². The van der Waals surface area contributed by atoms with Gasteiger partial charge in [0.1, 0.15) is 0 Å². The minimum Gasteiger partial charge on any atom is -0.451 e. The number of H-pyrrole nitrogens is 1. The Kier molecular flexibility index (Phi) is 5.44. The van der Waals surface area contributed by atoms with Crippen molar-refractivity contribution in [3.05, 3.63) is 65.9 Å². The van der Waals surface area contributed by atoms with E-state index in [1.807, 2.05) is 24.3 Å². The normalized spacial score (nSPS) is 15.9. The number of para-hydroxylation sites is 1. The van der Waals surface area contributed by atoms with E-state index in [0.717, 1.165) is 23.7 Å². The number of ketones is 1. The third kappa shape index (κ3) is 3.76. The second-order valence-corrected chi connectivity index (χ2v) is 9.23. The number of nitrogens with one attached hydrogen (secondary N) is 1. The van der Waals surface area contributed by atoms with Crippen LogP contribution in [-0.4, -0.2) is 48.7 Å². The number of aromatic amines is 1. The van der Waals surface area contributed by atoms with Crippen LogP contribution in [0.25, 0.3) is 10.9 Å². The fraction of sp³-hybridized carbons (Fsp3) is 0.273. The summed E-state index contributed by atoms with van der Waals surface area (Å²) >= 11 is 0. The van der Waals surface area contributed by atoms with Crippen LogP contribution >= 0.6 is 0 Å². The molecule has 1 atom stereocenters. The molecule has 8 heteroatoms. The summed E-state index contributed by atoms with van der Waals surface area (Å²) in [6.45, 7) is 2.55. The lowest BCUT2D eigenvalue weighted by atomic mass is 10.1. The number of Topliss-reactive ketones (excluding diaryl/α,β-unsaturated/α-hetero) is 1. The Balaban J connectivity index is 1.46. The molecule has 3 aromatic rings. The van der Waals surface area contributed by atoms with Crippen LogP contribution in [0.5, 0.6) is 0 Å². The average Bonchev–Trinajstić information content (AvgIpc) is 3.44. The van der Waals surface area contributed by atoms with Gasteiger partial charge in [-0.3, -0.25) is 4.79 Å². The minimum atomic E-state index is -3.54. The summed E-state index contributed by atoms with van der Waals surface area (Å²) < 4.78 is 31.9. The van der Waals surface area contributed by atoms with Gasteiger partial charge in [0.15, 0.2) is 6.10 Å². The lowest BCUT2D eigenvalue weighted by molar-refractivity contribution is 0.0319. The van der Waals surface area contributed by atoms with Crippen LogP contribution in [0.2, 0.25) is 0 Å². The highest BCUT2D eigenvalue weighted by atomic mass is 32.2. The smallest absolute Gasteiger partial charge is 0.338 e. The van der Waals surface area contributed by atoms with Crippen molar-refractivity contribution in [3.8, 4) is 0 Å². The molecule has 30 heavy (non-hydrogen) atoms. The molecule has 7 nitrogen and oxygen atoms in total. The summed E-state index contributed by atoms with van der Waals surface area (Å²) in [6, 6.07) is 13.0. The summed E-state index contributed by atoms with van der Waals surface area (Å²) in [7, 11) is -3.54. The maximum absolute atomic E-state index is 12.7. The van der Waals surface area contributed by atoms with Crippen molar-refractivity contribution in [1.29, 1.82) is 0 Å². The third-order valence-corrected chi connectivity index (χ3v) is 7.21. The topological polar surface area (TPSA) is 96.5 Å². The molecule has 0 saturated carbocycles. The van der Waals surface area contributed by atoms with Crippen molar-refractivity contribution in [2.24, 2.45) is 0 Å². The summed E-state index contributed by atoms with van der Waals surface area (Å²) in [5, 5.41) is 0.766. The molecule has 1 N–H and O–H groups in total. The molecule has 0 amide bonds. The highest BCUT2D eigenvalue weighted by molar-refractivity contribution is 7.89. The molecule has 1 saturated heterocycles. The van der Waals surface area contributed by atoms with Gasteiger partial charge in [0.2, 0.25) is 15.8 Å². The molecule has 1 aromatic heterocycles. The lowest BCUT2D eigenvalue weighted by Gasteiger charge is -2.16. The van der Waals surface area contributed by atoms with Crippen LogP contribution in [0.15, 0.2) is 59.6 Å². The van der Waals surface area contributed by atoms with Gasteiger partial charge in [-0.25, -0.2) is 13.2 Å². The van der Waals surface area contributed by atoms with Gasteiger partial charge in [0, 0.05) is 35.8 Å². The van der Waals surface area contributed by atoms with E-state index in [1.54, 1.807) is 6.20 Å². The number of aromatic nitrogens is 1. The number of benzene rings is 2. The van der Waals surface area contributed by atoms with Gasteiger partial charge < -0.3 is 9.72 Å². The fourth-order valence-corrected chi connectivity index (χ4v) is 5.13. The molecule has 1 fully saturated rings. The summed E-state index contributed by atoms with van der Waals surface area (Å²) in [5.74, 6) is -0.991. The first-order chi connectivity index (χ1) is 14.4. The highest BCUT2D eigenvalue weighted by Crippen LogP contribution is 2.22. The van der Waals surface area contributed by atoms with E-state index in [9.17, 15) is 18.0 Å². The molecule has 0 radical (unpaired) electrons. The third-order valence-electron chi connectivity index (χ3n) is 5.30. The second-order valence-electron chi connectivity index (χ2n) is 7.30. The number of carbonyl (C=O) groups is 2. The number of esters is 1. The predicted octanol–water partition coefficient (Wildman–Crippen LogP) is 3.38. The molecule has 2 aromatic carbocycles. The SMILES string of the molecule is C[C@H](OC(=O)c1ccc(S(=O)(=O)N2CCCC2)cc1)C(=O)c1c[nH]c2ccccc12. The van der Waals surface area contributed by atoms with Crippen LogP contribution in [0, 0.1) is 0 Å². The van der Waals surface area contributed by atoms with E-state index in [1.165, 1.54) is 35.5 Å². The van der Waals surface area contributed by atoms with E-state index >= 15 is 0 Å². The van der Waals surface area contributed by atoms with E-state index in [2.05, 4.69) is 4.98 Å². The van der Waals surface area contributed by atoms with Gasteiger partial charge in [-0.1, -0.05) is 18.2 Å². The summed E-state index contributed by atoms with van der Waals surface area (Å²) in [4.78, 5) is 28.4. The summed E-state index contributed by atoms with van der Waals surface area (Å²) in [6.07, 6.45) is 2.33. The molecule has 0 bridgehead atoms.